The van der Waals surface area contributed by atoms with Crippen LogP contribution in [-0.4, -0.2) is 37.0 Å². The number of nitrogens with zero attached hydrogens (tertiary/aromatic N) is 1. The standard InChI is InChI=1S/C27H26N2O4/c1-18-8-7-11-23(19(18)2)28-25-24(20-9-5-4-6-10-20)26(30)29(27(25)31)16-17-33-22-14-12-21(32-3)13-15-22/h4-15,28H,16-17H2,1-3H3. The minimum absolute atomic E-state index is 0.137. The second-order valence-corrected chi connectivity index (χ2v) is 7.77. The van der Waals surface area contributed by atoms with Crippen LogP contribution in [0.1, 0.15) is 16.7 Å². The van der Waals surface area contributed by atoms with E-state index in [2.05, 4.69) is 5.32 Å². The third-order valence-electron chi connectivity index (χ3n) is 5.74. The van der Waals surface area contributed by atoms with Crippen molar-refractivity contribution in [2.45, 2.75) is 13.8 Å². The monoisotopic (exact) mass is 442 g/mol. The Kier molecular flexibility index (Phi) is 6.45. The summed E-state index contributed by atoms with van der Waals surface area (Å²) in [5.41, 5.74) is 4.27. The first-order chi connectivity index (χ1) is 16.0. The summed E-state index contributed by atoms with van der Waals surface area (Å²) in [5.74, 6) is 0.668. The van der Waals surface area contributed by atoms with Crippen LogP contribution in [0.5, 0.6) is 11.5 Å². The Bertz CT molecular complexity index is 1200. The van der Waals surface area contributed by atoms with E-state index < -0.39 is 0 Å². The number of rotatable bonds is 8. The maximum atomic E-state index is 13.3. The average molecular weight is 443 g/mol. The molecule has 0 bridgehead atoms. The SMILES string of the molecule is COc1ccc(OCCN2C(=O)C(Nc3cccc(C)c3C)=C(c3ccccc3)C2=O)cc1. The highest BCUT2D eigenvalue weighted by atomic mass is 16.5. The molecule has 3 aromatic carbocycles. The molecular weight excluding hydrogens is 416 g/mol. The summed E-state index contributed by atoms with van der Waals surface area (Å²) in [6, 6.07) is 22.3. The van der Waals surface area contributed by atoms with Crippen LogP contribution in [-0.2, 0) is 9.59 Å². The fourth-order valence-electron chi connectivity index (χ4n) is 3.72. The van der Waals surface area contributed by atoms with Crippen molar-refractivity contribution in [1.29, 1.82) is 0 Å². The lowest BCUT2D eigenvalue weighted by Gasteiger charge is -2.16. The third kappa shape index (κ3) is 4.60. The van der Waals surface area contributed by atoms with Crippen molar-refractivity contribution in [3.63, 3.8) is 0 Å². The van der Waals surface area contributed by atoms with E-state index in [0.717, 1.165) is 22.6 Å². The van der Waals surface area contributed by atoms with E-state index in [1.165, 1.54) is 4.90 Å². The minimum Gasteiger partial charge on any atom is -0.497 e. The largest absolute Gasteiger partial charge is 0.497 e. The predicted molar refractivity (Wildman–Crippen MR) is 128 cm³/mol. The number of hydrogen-bond acceptors (Lipinski definition) is 5. The second kappa shape index (κ2) is 9.61. The zero-order valence-corrected chi connectivity index (χ0v) is 18.9. The highest BCUT2D eigenvalue weighted by molar-refractivity contribution is 6.36. The van der Waals surface area contributed by atoms with Crippen molar-refractivity contribution < 1.29 is 19.1 Å². The summed E-state index contributed by atoms with van der Waals surface area (Å²) in [6.07, 6.45) is 0. The molecule has 0 aromatic heterocycles. The van der Waals surface area contributed by atoms with Crippen LogP contribution in [0.3, 0.4) is 0 Å². The molecule has 1 aliphatic heterocycles. The van der Waals surface area contributed by atoms with E-state index in [-0.39, 0.29) is 30.7 Å². The van der Waals surface area contributed by atoms with E-state index in [0.29, 0.717) is 16.9 Å². The van der Waals surface area contributed by atoms with Crippen molar-refractivity contribution in [3.8, 4) is 11.5 Å². The first-order valence-corrected chi connectivity index (χ1v) is 10.8. The molecule has 0 spiro atoms. The van der Waals surface area contributed by atoms with Gasteiger partial charge in [0.25, 0.3) is 11.8 Å². The van der Waals surface area contributed by atoms with E-state index in [9.17, 15) is 9.59 Å². The molecule has 33 heavy (non-hydrogen) atoms. The number of benzene rings is 3. The van der Waals surface area contributed by atoms with Gasteiger partial charge in [0.1, 0.15) is 23.8 Å². The molecule has 3 aromatic rings. The maximum Gasteiger partial charge on any atom is 0.278 e. The van der Waals surface area contributed by atoms with Gasteiger partial charge in [0.15, 0.2) is 0 Å². The van der Waals surface area contributed by atoms with Gasteiger partial charge in [0.05, 0.1) is 19.2 Å². The van der Waals surface area contributed by atoms with Crippen molar-refractivity contribution in [3.05, 3.63) is 95.2 Å². The molecule has 2 amide bonds. The molecule has 0 unspecified atom stereocenters. The number of aryl methyl sites for hydroxylation is 1. The normalized spacial score (nSPS) is 13.5. The van der Waals surface area contributed by atoms with Gasteiger partial charge in [0, 0.05) is 5.69 Å². The van der Waals surface area contributed by atoms with Gasteiger partial charge in [-0.05, 0) is 60.9 Å². The molecular formula is C27H26N2O4. The van der Waals surface area contributed by atoms with Gasteiger partial charge in [-0.25, -0.2) is 0 Å². The van der Waals surface area contributed by atoms with Gasteiger partial charge in [-0.15, -0.1) is 0 Å². The van der Waals surface area contributed by atoms with Crippen LogP contribution in [0.4, 0.5) is 5.69 Å². The maximum absolute atomic E-state index is 13.3. The van der Waals surface area contributed by atoms with E-state index >= 15 is 0 Å². The molecule has 0 saturated carbocycles. The third-order valence-corrected chi connectivity index (χ3v) is 5.74. The van der Waals surface area contributed by atoms with Gasteiger partial charge >= 0.3 is 0 Å². The molecule has 1 N–H and O–H groups in total. The van der Waals surface area contributed by atoms with Crippen LogP contribution >= 0.6 is 0 Å². The molecule has 6 nitrogen and oxygen atoms in total. The topological polar surface area (TPSA) is 67.9 Å². The van der Waals surface area contributed by atoms with Crippen LogP contribution < -0.4 is 14.8 Å². The smallest absolute Gasteiger partial charge is 0.278 e. The Morgan fingerprint density at radius 2 is 1.52 bits per heavy atom. The minimum atomic E-state index is -0.363. The van der Waals surface area contributed by atoms with E-state index in [4.69, 9.17) is 9.47 Å². The number of methoxy groups -OCH3 is 1. The quantitative estimate of drug-likeness (QED) is 0.517. The second-order valence-electron chi connectivity index (χ2n) is 7.77. The Morgan fingerprint density at radius 1 is 0.818 bits per heavy atom. The van der Waals surface area contributed by atoms with Crippen LogP contribution in [0.2, 0.25) is 0 Å². The van der Waals surface area contributed by atoms with Crippen LogP contribution in [0, 0.1) is 13.8 Å². The van der Waals surface area contributed by atoms with E-state index in [1.807, 2.05) is 62.4 Å². The number of nitrogens with one attached hydrogen (secondary N) is 1. The van der Waals surface area contributed by atoms with E-state index in [1.54, 1.807) is 31.4 Å². The van der Waals surface area contributed by atoms with Crippen LogP contribution in [0.15, 0.2) is 78.5 Å². The Labute approximate surface area is 193 Å². The Balaban J connectivity index is 1.57. The lowest BCUT2D eigenvalue weighted by atomic mass is 10.0. The summed E-state index contributed by atoms with van der Waals surface area (Å²) < 4.78 is 10.9. The highest BCUT2D eigenvalue weighted by Crippen LogP contribution is 2.31. The number of ether oxygens (including phenoxy) is 2. The Hall–Kier alpha value is -4.06. The van der Waals surface area contributed by atoms with Crippen molar-refractivity contribution in [2.75, 3.05) is 25.6 Å². The molecule has 0 aliphatic carbocycles. The summed E-state index contributed by atoms with van der Waals surface area (Å²) in [6.45, 7) is 4.32. The fraction of sp³-hybridized carbons (Fsp3) is 0.185. The lowest BCUT2D eigenvalue weighted by molar-refractivity contribution is -0.137. The molecule has 1 aliphatic rings. The number of amides is 2. The van der Waals surface area contributed by atoms with Gasteiger partial charge in [-0.1, -0.05) is 42.5 Å². The average Bonchev–Trinajstić information content (AvgIpc) is 3.07. The zero-order chi connectivity index (χ0) is 23.4. The molecule has 0 fully saturated rings. The van der Waals surface area contributed by atoms with Gasteiger partial charge in [-0.3, -0.25) is 14.5 Å². The zero-order valence-electron chi connectivity index (χ0n) is 18.9. The summed E-state index contributed by atoms with van der Waals surface area (Å²) in [5, 5.41) is 3.24. The lowest BCUT2D eigenvalue weighted by Crippen LogP contribution is -2.36. The number of carbonyl (C=O) groups is 2. The summed E-state index contributed by atoms with van der Waals surface area (Å²) >= 11 is 0. The molecule has 0 atom stereocenters. The number of anilines is 1. The number of imide groups is 1. The predicted octanol–water partition coefficient (Wildman–Crippen LogP) is 4.58. The molecule has 0 radical (unpaired) electrons. The van der Waals surface area contributed by atoms with Crippen molar-refractivity contribution in [2.24, 2.45) is 0 Å². The molecule has 168 valence electrons. The molecule has 1 heterocycles. The van der Waals surface area contributed by atoms with Gasteiger partial charge in [0.2, 0.25) is 0 Å². The van der Waals surface area contributed by atoms with Crippen molar-refractivity contribution in [1.82, 2.24) is 4.90 Å². The van der Waals surface area contributed by atoms with Crippen molar-refractivity contribution >= 4 is 23.1 Å². The highest BCUT2D eigenvalue weighted by Gasteiger charge is 2.39. The summed E-state index contributed by atoms with van der Waals surface area (Å²) in [7, 11) is 1.60. The van der Waals surface area contributed by atoms with Gasteiger partial charge in [-0.2, -0.15) is 0 Å². The van der Waals surface area contributed by atoms with Crippen LogP contribution in [0.25, 0.3) is 5.57 Å². The molecule has 0 saturated heterocycles. The first kappa shape index (κ1) is 22.1. The number of carbonyl (C=O) groups excluding carboxylic acids is 2. The summed E-state index contributed by atoms with van der Waals surface area (Å²) in [4.78, 5) is 27.9. The Morgan fingerprint density at radius 3 is 2.21 bits per heavy atom. The first-order valence-electron chi connectivity index (χ1n) is 10.8. The molecule has 4 rings (SSSR count). The number of hydrogen-bond donors (Lipinski definition) is 1. The van der Waals surface area contributed by atoms with Gasteiger partial charge < -0.3 is 14.8 Å². The fourth-order valence-corrected chi connectivity index (χ4v) is 3.72. The molecule has 6 heteroatoms.